The van der Waals surface area contributed by atoms with E-state index in [0.717, 1.165) is 11.3 Å². The SMILES string of the molecule is COc1cc([N+](=O)[O-])cc2sc(NC(=O)c3cc(Br)ccc3Cl)nc12. The van der Waals surface area contributed by atoms with Crippen LogP contribution in [0.3, 0.4) is 0 Å². The molecule has 1 N–H and O–H groups in total. The average Bonchev–Trinajstić information content (AvgIpc) is 2.98. The summed E-state index contributed by atoms with van der Waals surface area (Å²) >= 11 is 10.4. The number of nitrogens with one attached hydrogen (secondary N) is 1. The molecule has 2 aromatic carbocycles. The van der Waals surface area contributed by atoms with Crippen LogP contribution >= 0.6 is 38.9 Å². The van der Waals surface area contributed by atoms with Crippen molar-refractivity contribution in [3.05, 3.63) is 55.5 Å². The van der Waals surface area contributed by atoms with E-state index in [1.807, 2.05) is 0 Å². The van der Waals surface area contributed by atoms with Gasteiger partial charge in [-0.25, -0.2) is 4.98 Å². The Morgan fingerprint density at radius 3 is 2.84 bits per heavy atom. The van der Waals surface area contributed by atoms with Gasteiger partial charge in [-0.2, -0.15) is 0 Å². The number of aromatic nitrogens is 1. The summed E-state index contributed by atoms with van der Waals surface area (Å²) in [5, 5.41) is 14.2. The van der Waals surface area contributed by atoms with Crippen LogP contribution in [0, 0.1) is 10.1 Å². The summed E-state index contributed by atoms with van der Waals surface area (Å²) in [6, 6.07) is 7.60. The smallest absolute Gasteiger partial charge is 0.274 e. The molecule has 7 nitrogen and oxygen atoms in total. The fourth-order valence-corrected chi connectivity index (χ4v) is 3.61. The molecular weight excluding hydrogens is 434 g/mol. The Morgan fingerprint density at radius 2 is 2.16 bits per heavy atom. The summed E-state index contributed by atoms with van der Waals surface area (Å²) in [5.41, 5.74) is 0.614. The van der Waals surface area contributed by atoms with E-state index in [0.29, 0.717) is 19.7 Å². The molecule has 10 heteroatoms. The van der Waals surface area contributed by atoms with Crippen molar-refractivity contribution in [1.82, 2.24) is 4.98 Å². The molecule has 0 unspecified atom stereocenters. The van der Waals surface area contributed by atoms with Gasteiger partial charge in [-0.15, -0.1) is 0 Å². The first kappa shape index (κ1) is 17.6. The lowest BCUT2D eigenvalue weighted by Gasteiger charge is -2.04. The van der Waals surface area contributed by atoms with Gasteiger partial charge >= 0.3 is 0 Å². The molecule has 128 valence electrons. The number of nitrogens with zero attached hydrogens (tertiary/aromatic N) is 2. The first-order valence-electron chi connectivity index (χ1n) is 6.78. The number of nitro benzene ring substituents is 1. The van der Waals surface area contributed by atoms with E-state index in [-0.39, 0.29) is 22.1 Å². The number of benzene rings is 2. The number of carbonyl (C=O) groups is 1. The highest BCUT2D eigenvalue weighted by atomic mass is 79.9. The third kappa shape index (κ3) is 3.58. The molecule has 0 bridgehead atoms. The third-order valence-electron chi connectivity index (χ3n) is 3.27. The van der Waals surface area contributed by atoms with Crippen molar-refractivity contribution in [2.45, 2.75) is 0 Å². The number of rotatable bonds is 4. The van der Waals surface area contributed by atoms with Gasteiger partial charge in [-0.05, 0) is 18.2 Å². The molecule has 25 heavy (non-hydrogen) atoms. The zero-order chi connectivity index (χ0) is 18.1. The summed E-state index contributed by atoms with van der Waals surface area (Å²) in [5.74, 6) is -0.166. The highest BCUT2D eigenvalue weighted by Crippen LogP contribution is 2.36. The number of hydrogen-bond donors (Lipinski definition) is 1. The molecule has 1 amide bonds. The maximum atomic E-state index is 12.4. The van der Waals surface area contributed by atoms with Crippen molar-refractivity contribution in [1.29, 1.82) is 0 Å². The maximum Gasteiger partial charge on any atom is 0.274 e. The Labute approximate surface area is 158 Å². The number of anilines is 1. The van der Waals surface area contributed by atoms with Crippen LogP contribution in [0.1, 0.15) is 10.4 Å². The number of ether oxygens (including phenoxy) is 1. The summed E-state index contributed by atoms with van der Waals surface area (Å²) in [4.78, 5) is 27.2. The molecule has 1 aromatic heterocycles. The molecule has 3 rings (SSSR count). The van der Waals surface area contributed by atoms with E-state index in [1.165, 1.54) is 19.2 Å². The second-order valence-corrected chi connectivity index (χ2v) is 7.20. The predicted octanol–water partition coefficient (Wildman–Crippen LogP) is 4.88. The maximum absolute atomic E-state index is 12.4. The number of nitro groups is 1. The Kier molecular flexibility index (Phi) is 4.89. The summed E-state index contributed by atoms with van der Waals surface area (Å²) in [7, 11) is 1.40. The molecule has 0 atom stereocenters. The number of carbonyl (C=O) groups excluding carboxylic acids is 1. The van der Waals surface area contributed by atoms with Crippen molar-refractivity contribution in [2.24, 2.45) is 0 Å². The zero-order valence-electron chi connectivity index (χ0n) is 12.6. The molecule has 0 aliphatic heterocycles. The van der Waals surface area contributed by atoms with Gasteiger partial charge in [0, 0.05) is 10.5 Å². The highest BCUT2D eigenvalue weighted by molar-refractivity contribution is 9.10. The van der Waals surface area contributed by atoms with E-state index in [9.17, 15) is 14.9 Å². The first-order chi connectivity index (χ1) is 11.9. The second-order valence-electron chi connectivity index (χ2n) is 4.85. The molecule has 0 aliphatic rings. The van der Waals surface area contributed by atoms with Gasteiger partial charge in [-0.1, -0.05) is 38.9 Å². The minimum atomic E-state index is -0.513. The third-order valence-corrected chi connectivity index (χ3v) is 5.01. The van der Waals surface area contributed by atoms with E-state index < -0.39 is 10.8 Å². The van der Waals surface area contributed by atoms with Crippen LogP contribution in [0.25, 0.3) is 10.2 Å². The summed E-state index contributed by atoms with van der Waals surface area (Å²) in [6.07, 6.45) is 0. The molecule has 0 saturated heterocycles. The molecule has 0 radical (unpaired) electrons. The van der Waals surface area contributed by atoms with Crippen molar-refractivity contribution >= 4 is 65.8 Å². The predicted molar refractivity (Wildman–Crippen MR) is 99.9 cm³/mol. The van der Waals surface area contributed by atoms with E-state index in [4.69, 9.17) is 16.3 Å². The van der Waals surface area contributed by atoms with Gasteiger partial charge in [0.05, 0.1) is 33.4 Å². The van der Waals surface area contributed by atoms with Crippen LogP contribution in [0.2, 0.25) is 5.02 Å². The van der Waals surface area contributed by atoms with Crippen molar-refractivity contribution < 1.29 is 14.5 Å². The minimum absolute atomic E-state index is 0.110. The second kappa shape index (κ2) is 6.95. The van der Waals surface area contributed by atoms with Crippen molar-refractivity contribution in [3.63, 3.8) is 0 Å². The fourth-order valence-electron chi connectivity index (χ4n) is 2.14. The van der Waals surface area contributed by atoms with Crippen LogP contribution in [-0.4, -0.2) is 22.9 Å². The molecular formula is C15H9BrClN3O4S. The number of thiazole rings is 1. The van der Waals surface area contributed by atoms with Gasteiger partial charge < -0.3 is 4.74 Å². The van der Waals surface area contributed by atoms with Gasteiger partial charge in [0.25, 0.3) is 11.6 Å². The largest absolute Gasteiger partial charge is 0.494 e. The summed E-state index contributed by atoms with van der Waals surface area (Å²) in [6.45, 7) is 0. The quantitative estimate of drug-likeness (QED) is 0.459. The minimum Gasteiger partial charge on any atom is -0.494 e. The molecule has 1 heterocycles. The Hall–Kier alpha value is -2.23. The van der Waals surface area contributed by atoms with Crippen LogP contribution < -0.4 is 10.1 Å². The molecule has 0 aliphatic carbocycles. The lowest BCUT2D eigenvalue weighted by atomic mass is 10.2. The normalized spacial score (nSPS) is 10.7. The van der Waals surface area contributed by atoms with E-state index in [1.54, 1.807) is 18.2 Å². The van der Waals surface area contributed by atoms with Gasteiger partial charge in [0.1, 0.15) is 5.52 Å². The number of methoxy groups -OCH3 is 1. The Morgan fingerprint density at radius 1 is 1.40 bits per heavy atom. The van der Waals surface area contributed by atoms with E-state index >= 15 is 0 Å². The molecule has 0 saturated carbocycles. The van der Waals surface area contributed by atoms with Gasteiger partial charge in [0.2, 0.25) is 0 Å². The monoisotopic (exact) mass is 441 g/mol. The lowest BCUT2D eigenvalue weighted by molar-refractivity contribution is -0.384. The van der Waals surface area contributed by atoms with Crippen LogP contribution in [-0.2, 0) is 0 Å². The van der Waals surface area contributed by atoms with Crippen LogP contribution in [0.5, 0.6) is 5.75 Å². The highest BCUT2D eigenvalue weighted by Gasteiger charge is 2.18. The molecule has 0 spiro atoms. The fraction of sp³-hybridized carbons (Fsp3) is 0.0667. The average molecular weight is 443 g/mol. The standard InChI is InChI=1S/C15H9BrClN3O4S/c1-24-11-5-8(20(22)23)6-12-13(11)18-15(25-12)19-14(21)9-4-7(16)2-3-10(9)17/h2-6H,1H3,(H,18,19,21). The van der Waals surface area contributed by atoms with Crippen molar-refractivity contribution in [2.75, 3.05) is 12.4 Å². The lowest BCUT2D eigenvalue weighted by Crippen LogP contribution is -2.12. The Bertz CT molecular complexity index is 1010. The number of halogens is 2. The molecule has 3 aromatic rings. The number of non-ortho nitro benzene ring substituents is 1. The molecule has 0 fully saturated rings. The van der Waals surface area contributed by atoms with Crippen LogP contribution in [0.15, 0.2) is 34.8 Å². The first-order valence-corrected chi connectivity index (χ1v) is 8.77. The topological polar surface area (TPSA) is 94.4 Å². The van der Waals surface area contributed by atoms with Crippen molar-refractivity contribution in [3.8, 4) is 5.75 Å². The summed E-state index contributed by atoms with van der Waals surface area (Å²) < 4.78 is 6.40. The number of hydrogen-bond acceptors (Lipinski definition) is 6. The number of amides is 1. The van der Waals surface area contributed by atoms with Gasteiger partial charge in [-0.3, -0.25) is 20.2 Å². The van der Waals surface area contributed by atoms with E-state index in [2.05, 4.69) is 26.2 Å². The zero-order valence-corrected chi connectivity index (χ0v) is 15.7. The number of fused-ring (bicyclic) bond motifs is 1. The van der Waals surface area contributed by atoms with Crippen LogP contribution in [0.4, 0.5) is 10.8 Å². The Balaban J connectivity index is 1.98. The van der Waals surface area contributed by atoms with Gasteiger partial charge in [0.15, 0.2) is 10.9 Å².